The molecule has 2 heterocycles. The van der Waals surface area contributed by atoms with Gasteiger partial charge in [-0.2, -0.15) is 0 Å². The normalized spacial score (nSPS) is 24.5. The fourth-order valence-electron chi connectivity index (χ4n) is 13.9. The maximum atomic E-state index is 4.41. The van der Waals surface area contributed by atoms with Crippen LogP contribution in [0.2, 0.25) is 0 Å². The minimum atomic E-state index is 0.0657. The van der Waals surface area contributed by atoms with Crippen molar-refractivity contribution in [3.63, 3.8) is 0 Å². The monoisotopic (exact) mass is 879 g/mol. The predicted octanol–water partition coefficient (Wildman–Crippen LogP) is 15.8. The quantitative estimate of drug-likeness (QED) is 0.161. The van der Waals surface area contributed by atoms with Gasteiger partial charge in [-0.25, -0.2) is 0 Å². The van der Waals surface area contributed by atoms with Crippen LogP contribution in [0.1, 0.15) is 79.9 Å². The van der Waals surface area contributed by atoms with E-state index in [-0.39, 0.29) is 30.0 Å². The number of allylic oxidation sites excluding steroid dienone is 15. The summed E-state index contributed by atoms with van der Waals surface area (Å²) in [6.07, 6.45) is 37.1. The molecule has 6 aromatic carbocycles. The second-order valence-electron chi connectivity index (χ2n) is 20.5. The highest BCUT2D eigenvalue weighted by Gasteiger charge is 2.49. The Morgan fingerprint density at radius 3 is 2.34 bits per heavy atom. The average molecular weight is 880 g/mol. The number of hydrogen-bond acceptors (Lipinski definition) is 2. The summed E-state index contributed by atoms with van der Waals surface area (Å²) in [6.45, 7) is 2.37. The molecule has 0 saturated carbocycles. The fraction of sp³-hybridized carbons (Fsp3) is 0.231. The zero-order valence-electron chi connectivity index (χ0n) is 38.9. The van der Waals surface area contributed by atoms with Gasteiger partial charge in [0.25, 0.3) is 0 Å². The van der Waals surface area contributed by atoms with Crippen LogP contribution in [0.3, 0.4) is 0 Å². The molecule has 1 aliphatic heterocycles. The Balaban J connectivity index is 0.920. The first-order chi connectivity index (χ1) is 33.7. The summed E-state index contributed by atoms with van der Waals surface area (Å²) in [6, 6.07) is 46.1. The van der Waals surface area contributed by atoms with Crippen LogP contribution in [0.25, 0.3) is 55.0 Å². The third-order valence-corrected chi connectivity index (χ3v) is 17.0. The Morgan fingerprint density at radius 2 is 1.44 bits per heavy atom. The van der Waals surface area contributed by atoms with Crippen molar-refractivity contribution in [3.8, 4) is 0 Å². The lowest BCUT2D eigenvalue weighted by Gasteiger charge is -2.49. The minimum Gasteiger partial charge on any atom is -0.344 e. The number of fused-ring (bicyclic) bond motifs is 12. The fourth-order valence-corrected chi connectivity index (χ4v) is 13.9. The highest BCUT2D eigenvalue weighted by molar-refractivity contribution is 6.10. The van der Waals surface area contributed by atoms with Gasteiger partial charge in [-0.15, -0.1) is 0 Å². The van der Waals surface area contributed by atoms with Crippen LogP contribution < -0.4 is 5.32 Å². The van der Waals surface area contributed by atoms with Crippen molar-refractivity contribution in [1.29, 1.82) is 0 Å². The van der Waals surface area contributed by atoms with Gasteiger partial charge in [0.05, 0.1) is 5.52 Å². The number of nitrogens with zero attached hydrogens (tertiary/aromatic N) is 2. The summed E-state index contributed by atoms with van der Waals surface area (Å²) in [5.41, 5.74) is 16.1. The molecule has 7 unspecified atom stereocenters. The van der Waals surface area contributed by atoms with E-state index in [2.05, 4.69) is 216 Å². The Bertz CT molecular complexity index is 3520. The lowest BCUT2D eigenvalue weighted by molar-refractivity contribution is 0.139. The van der Waals surface area contributed by atoms with Gasteiger partial charge in [-0.1, -0.05) is 176 Å². The molecule has 0 radical (unpaired) electrons. The molecule has 7 aromatic rings. The van der Waals surface area contributed by atoms with E-state index in [9.17, 15) is 0 Å². The van der Waals surface area contributed by atoms with E-state index >= 15 is 0 Å². The average Bonchev–Trinajstić information content (AvgIpc) is 3.91. The first-order valence-electron chi connectivity index (χ1n) is 25.5. The molecule has 0 saturated heterocycles. The first kappa shape index (κ1) is 40.2. The molecule has 0 fully saturated rings. The van der Waals surface area contributed by atoms with Gasteiger partial charge < -0.3 is 14.8 Å². The van der Waals surface area contributed by atoms with Crippen LogP contribution in [0, 0.1) is 23.7 Å². The highest BCUT2D eigenvalue weighted by atomic mass is 15.2. The topological polar surface area (TPSA) is 20.2 Å². The summed E-state index contributed by atoms with van der Waals surface area (Å²) in [5, 5.41) is 13.8. The van der Waals surface area contributed by atoms with Gasteiger partial charge in [0, 0.05) is 69.4 Å². The Hall–Kier alpha value is -6.94. The summed E-state index contributed by atoms with van der Waals surface area (Å²) in [4.78, 5) is 2.93. The summed E-state index contributed by atoms with van der Waals surface area (Å²) in [7, 11) is 0. The molecular formula is C65H57N3. The van der Waals surface area contributed by atoms with Crippen LogP contribution in [0.15, 0.2) is 216 Å². The van der Waals surface area contributed by atoms with E-state index in [4.69, 9.17) is 0 Å². The van der Waals surface area contributed by atoms with Gasteiger partial charge >= 0.3 is 0 Å². The van der Waals surface area contributed by atoms with Crippen molar-refractivity contribution in [2.45, 2.75) is 70.0 Å². The molecule has 7 atom stereocenters. The second kappa shape index (κ2) is 16.1. The number of aromatic nitrogens is 1. The van der Waals surface area contributed by atoms with Gasteiger partial charge in [0.1, 0.15) is 0 Å². The third kappa shape index (κ3) is 6.28. The van der Waals surface area contributed by atoms with Crippen molar-refractivity contribution in [2.75, 3.05) is 0 Å². The molecule has 3 nitrogen and oxygen atoms in total. The number of hydrogen-bond donors (Lipinski definition) is 1. The van der Waals surface area contributed by atoms with Crippen molar-refractivity contribution < 1.29 is 0 Å². The molecule has 6 aliphatic carbocycles. The zero-order chi connectivity index (χ0) is 44.9. The number of nitrogens with one attached hydrogen (secondary N) is 1. The van der Waals surface area contributed by atoms with Crippen LogP contribution in [-0.4, -0.2) is 15.5 Å². The van der Waals surface area contributed by atoms with Crippen LogP contribution in [-0.2, 0) is 6.42 Å². The van der Waals surface area contributed by atoms with E-state index < -0.39 is 0 Å². The summed E-state index contributed by atoms with van der Waals surface area (Å²) < 4.78 is 2.66. The highest BCUT2D eigenvalue weighted by Crippen LogP contribution is 2.56. The van der Waals surface area contributed by atoms with E-state index in [0.29, 0.717) is 11.8 Å². The maximum Gasteiger partial charge on any atom is 0.0612 e. The number of aryl methyl sites for hydroxylation is 1. The molecular weight excluding hydrogens is 823 g/mol. The van der Waals surface area contributed by atoms with Crippen molar-refractivity contribution >= 4 is 55.0 Å². The largest absolute Gasteiger partial charge is 0.344 e. The summed E-state index contributed by atoms with van der Waals surface area (Å²) in [5.74, 6) is 1.35. The van der Waals surface area contributed by atoms with Gasteiger partial charge in [0.2, 0.25) is 0 Å². The van der Waals surface area contributed by atoms with Crippen LogP contribution >= 0.6 is 0 Å². The Kier molecular flexibility index (Phi) is 9.51. The Labute approximate surface area is 400 Å². The minimum absolute atomic E-state index is 0.0657. The van der Waals surface area contributed by atoms with E-state index in [1.54, 1.807) is 11.3 Å². The lowest BCUT2D eigenvalue weighted by Crippen LogP contribution is -2.49. The zero-order valence-corrected chi connectivity index (χ0v) is 38.9. The molecule has 0 spiro atoms. The van der Waals surface area contributed by atoms with Crippen LogP contribution in [0.5, 0.6) is 0 Å². The SMILES string of the molecule is CC(NC(c1cccc2c1ccc1ccccc12)C1C2C=CC=CC2=CCC1N1C2=CC3=CC=C(n4c5c(c6ccc7ccccc7c64)CCC=C5)CC3CC2C2=C1CCC=C2)c1ccccc1. The third-order valence-electron chi connectivity index (χ3n) is 17.0. The smallest absolute Gasteiger partial charge is 0.0612 e. The van der Waals surface area contributed by atoms with Gasteiger partial charge in [-0.05, 0) is 136 Å². The maximum absolute atomic E-state index is 4.41. The van der Waals surface area contributed by atoms with E-state index in [0.717, 1.165) is 44.9 Å². The van der Waals surface area contributed by atoms with Crippen molar-refractivity contribution in [3.05, 3.63) is 239 Å². The molecule has 1 aromatic heterocycles. The van der Waals surface area contributed by atoms with Crippen LogP contribution in [0.4, 0.5) is 0 Å². The van der Waals surface area contributed by atoms with E-state index in [1.807, 2.05) is 0 Å². The predicted molar refractivity (Wildman–Crippen MR) is 285 cm³/mol. The molecule has 0 bridgehead atoms. The molecule has 3 heteroatoms. The molecule has 0 amide bonds. The molecule has 1 N–H and O–H groups in total. The molecule has 332 valence electrons. The Morgan fingerprint density at radius 1 is 0.662 bits per heavy atom. The second-order valence-corrected chi connectivity index (χ2v) is 20.5. The molecule has 14 rings (SSSR count). The van der Waals surface area contributed by atoms with E-state index in [1.165, 1.54) is 88.1 Å². The first-order valence-corrected chi connectivity index (χ1v) is 25.5. The van der Waals surface area contributed by atoms with Gasteiger partial charge in [0.15, 0.2) is 0 Å². The van der Waals surface area contributed by atoms with Crippen molar-refractivity contribution in [2.24, 2.45) is 23.7 Å². The molecule has 7 aliphatic rings. The lowest BCUT2D eigenvalue weighted by atomic mass is 9.67. The number of benzene rings is 6. The standard InChI is InChI=1S/C65H57N3/c1-41(42-16-3-2-4-17-42)66-64(56-27-15-26-52-49-21-8-5-18-43(49)31-35-53(52)56)63-50-22-9-6-19-44(50)33-37-61(63)68-60-29-14-12-25-55(60)58-39-47-38-48(34-30-46(47)40-62(58)68)67-59-28-13-11-24-54(59)57-36-32-45-20-7-10-23-51(45)65(57)67/h2-10,12-13,15-23,25-28,30-36,40-41,47,50,58,61,63-64,66H,11,14,24,29,37-39H2,1H3. The van der Waals surface area contributed by atoms with Gasteiger partial charge in [-0.3, -0.25) is 0 Å². The number of rotatable bonds is 7. The molecule has 68 heavy (non-hydrogen) atoms. The summed E-state index contributed by atoms with van der Waals surface area (Å²) >= 11 is 0. The van der Waals surface area contributed by atoms with Crippen molar-refractivity contribution in [1.82, 2.24) is 14.8 Å².